The summed E-state index contributed by atoms with van der Waals surface area (Å²) >= 11 is 3.57. The summed E-state index contributed by atoms with van der Waals surface area (Å²) in [5, 5.41) is 0. The lowest BCUT2D eigenvalue weighted by atomic mass is 10.1. The third-order valence-corrected chi connectivity index (χ3v) is 4.95. The number of halogens is 1. The monoisotopic (exact) mass is 466 g/mol. The third-order valence-electron chi connectivity index (χ3n) is 4.36. The number of methoxy groups -OCH3 is 1. The van der Waals surface area contributed by atoms with E-state index >= 15 is 0 Å². The van der Waals surface area contributed by atoms with Crippen molar-refractivity contribution < 1.29 is 19.0 Å². The van der Waals surface area contributed by atoms with Crippen molar-refractivity contribution in [2.24, 2.45) is 0 Å². The Labute approximate surface area is 185 Å². The molecular formula is C25H23BrO4. The standard InChI is InChI=1S/C25H23BrO4/c1-3-29-24-16-19(9-14-23(27)20-10-12-21(28-2)13-11-20)15-22(26)25(24)30-17-18-7-5-4-6-8-18/h4-16H,3,17H2,1-2H3/b14-9+. The first kappa shape index (κ1) is 21.7. The van der Waals surface area contributed by atoms with Crippen molar-refractivity contribution in [3.05, 3.63) is 94.0 Å². The number of ether oxygens (including phenoxy) is 3. The van der Waals surface area contributed by atoms with Crippen LogP contribution in [0.5, 0.6) is 17.2 Å². The van der Waals surface area contributed by atoms with Gasteiger partial charge in [0.25, 0.3) is 0 Å². The molecule has 0 aromatic heterocycles. The van der Waals surface area contributed by atoms with Gasteiger partial charge in [0.05, 0.1) is 18.2 Å². The number of carbonyl (C=O) groups excluding carboxylic acids is 1. The Kier molecular flexibility index (Phi) is 7.69. The fourth-order valence-corrected chi connectivity index (χ4v) is 3.41. The maximum atomic E-state index is 12.4. The molecule has 0 atom stereocenters. The van der Waals surface area contributed by atoms with E-state index in [1.165, 1.54) is 0 Å². The van der Waals surface area contributed by atoms with Crippen molar-refractivity contribution in [3.63, 3.8) is 0 Å². The lowest BCUT2D eigenvalue weighted by Crippen LogP contribution is -2.01. The molecule has 4 nitrogen and oxygen atoms in total. The van der Waals surface area contributed by atoms with Crippen molar-refractivity contribution in [2.75, 3.05) is 13.7 Å². The first-order valence-corrected chi connectivity index (χ1v) is 10.4. The molecule has 0 heterocycles. The summed E-state index contributed by atoms with van der Waals surface area (Å²) in [6, 6.07) is 20.7. The predicted molar refractivity (Wildman–Crippen MR) is 122 cm³/mol. The molecule has 0 amide bonds. The lowest BCUT2D eigenvalue weighted by Gasteiger charge is -2.15. The largest absolute Gasteiger partial charge is 0.497 e. The van der Waals surface area contributed by atoms with E-state index < -0.39 is 0 Å². The molecule has 3 aromatic carbocycles. The number of hydrogen-bond acceptors (Lipinski definition) is 4. The van der Waals surface area contributed by atoms with Gasteiger partial charge < -0.3 is 14.2 Å². The maximum Gasteiger partial charge on any atom is 0.185 e. The van der Waals surface area contributed by atoms with Gasteiger partial charge in [-0.1, -0.05) is 36.4 Å². The van der Waals surface area contributed by atoms with Gasteiger partial charge in [-0.3, -0.25) is 4.79 Å². The topological polar surface area (TPSA) is 44.8 Å². The molecule has 3 rings (SSSR count). The number of carbonyl (C=O) groups is 1. The molecule has 0 unspecified atom stereocenters. The molecule has 0 aliphatic heterocycles. The Morgan fingerprint density at radius 2 is 1.73 bits per heavy atom. The van der Waals surface area contributed by atoms with E-state index in [0.717, 1.165) is 15.6 Å². The first-order chi connectivity index (χ1) is 14.6. The highest BCUT2D eigenvalue weighted by Crippen LogP contribution is 2.38. The SMILES string of the molecule is CCOc1cc(/C=C/C(=O)c2ccc(OC)cc2)cc(Br)c1OCc1ccccc1. The van der Waals surface area contributed by atoms with Gasteiger partial charge in [-0.2, -0.15) is 0 Å². The minimum atomic E-state index is -0.0869. The second-order valence-corrected chi connectivity index (χ2v) is 7.32. The van der Waals surface area contributed by atoms with Gasteiger partial charge in [0.2, 0.25) is 0 Å². The third kappa shape index (κ3) is 5.74. The van der Waals surface area contributed by atoms with Crippen LogP contribution in [0.1, 0.15) is 28.4 Å². The van der Waals surface area contributed by atoms with Crippen LogP contribution < -0.4 is 14.2 Å². The zero-order valence-corrected chi connectivity index (χ0v) is 18.5. The van der Waals surface area contributed by atoms with Gasteiger partial charge in [0.1, 0.15) is 12.4 Å². The van der Waals surface area contributed by atoms with Crippen LogP contribution in [-0.2, 0) is 6.61 Å². The zero-order chi connectivity index (χ0) is 21.3. The number of hydrogen-bond donors (Lipinski definition) is 0. The molecule has 5 heteroatoms. The van der Waals surface area contributed by atoms with Gasteiger partial charge in [-0.15, -0.1) is 0 Å². The Bertz CT molecular complexity index is 1010. The van der Waals surface area contributed by atoms with Crippen LogP contribution in [0.15, 0.2) is 77.3 Å². The van der Waals surface area contributed by atoms with E-state index in [4.69, 9.17) is 14.2 Å². The molecule has 0 fully saturated rings. The minimum Gasteiger partial charge on any atom is -0.497 e. The van der Waals surface area contributed by atoms with E-state index in [0.29, 0.717) is 36.0 Å². The van der Waals surface area contributed by atoms with Gasteiger partial charge in [-0.05, 0) is 76.5 Å². The molecule has 0 saturated heterocycles. The summed E-state index contributed by atoms with van der Waals surface area (Å²) < 4.78 is 17.7. The number of ketones is 1. The molecule has 3 aromatic rings. The van der Waals surface area contributed by atoms with E-state index in [9.17, 15) is 4.79 Å². The molecule has 154 valence electrons. The zero-order valence-electron chi connectivity index (χ0n) is 16.9. The quantitative estimate of drug-likeness (QED) is 0.273. The Balaban J connectivity index is 1.77. The number of allylic oxidation sites excluding steroid dienone is 1. The molecule has 0 bridgehead atoms. The second kappa shape index (κ2) is 10.6. The summed E-state index contributed by atoms with van der Waals surface area (Å²) in [5.41, 5.74) is 2.50. The van der Waals surface area contributed by atoms with Crippen LogP contribution in [0.4, 0.5) is 0 Å². The van der Waals surface area contributed by atoms with E-state index in [-0.39, 0.29) is 5.78 Å². The van der Waals surface area contributed by atoms with E-state index in [1.54, 1.807) is 43.5 Å². The first-order valence-electron chi connectivity index (χ1n) is 9.60. The van der Waals surface area contributed by atoms with Crippen molar-refractivity contribution in [3.8, 4) is 17.2 Å². The maximum absolute atomic E-state index is 12.4. The average Bonchev–Trinajstić information content (AvgIpc) is 2.78. The smallest absolute Gasteiger partial charge is 0.185 e. The highest BCUT2D eigenvalue weighted by atomic mass is 79.9. The Hall–Kier alpha value is -3.05. The van der Waals surface area contributed by atoms with Gasteiger partial charge in [0, 0.05) is 5.56 Å². The summed E-state index contributed by atoms with van der Waals surface area (Å²) in [6.07, 6.45) is 3.31. The summed E-state index contributed by atoms with van der Waals surface area (Å²) in [7, 11) is 1.60. The van der Waals surface area contributed by atoms with E-state index in [1.807, 2.05) is 49.4 Å². The van der Waals surface area contributed by atoms with Crippen molar-refractivity contribution in [1.82, 2.24) is 0 Å². The van der Waals surface area contributed by atoms with Gasteiger partial charge >= 0.3 is 0 Å². The minimum absolute atomic E-state index is 0.0869. The van der Waals surface area contributed by atoms with Crippen molar-refractivity contribution in [2.45, 2.75) is 13.5 Å². The summed E-state index contributed by atoms with van der Waals surface area (Å²) in [6.45, 7) is 2.86. The van der Waals surface area contributed by atoms with E-state index in [2.05, 4.69) is 15.9 Å². The molecule has 0 aliphatic rings. The molecule has 30 heavy (non-hydrogen) atoms. The molecule has 0 radical (unpaired) electrons. The van der Waals surface area contributed by atoms with Crippen LogP contribution >= 0.6 is 15.9 Å². The summed E-state index contributed by atoms with van der Waals surface area (Å²) in [4.78, 5) is 12.4. The van der Waals surface area contributed by atoms with Crippen LogP contribution in [0, 0.1) is 0 Å². The summed E-state index contributed by atoms with van der Waals surface area (Å²) in [5.74, 6) is 1.89. The van der Waals surface area contributed by atoms with Crippen LogP contribution in [0.3, 0.4) is 0 Å². The molecule has 0 N–H and O–H groups in total. The van der Waals surface area contributed by atoms with Gasteiger partial charge in [-0.25, -0.2) is 0 Å². The van der Waals surface area contributed by atoms with Crippen molar-refractivity contribution in [1.29, 1.82) is 0 Å². The molecule has 0 saturated carbocycles. The Morgan fingerprint density at radius 1 is 1.00 bits per heavy atom. The fourth-order valence-electron chi connectivity index (χ4n) is 2.84. The average molecular weight is 467 g/mol. The van der Waals surface area contributed by atoms with Crippen molar-refractivity contribution >= 4 is 27.8 Å². The molecular weight excluding hydrogens is 444 g/mol. The molecule has 0 spiro atoms. The number of rotatable bonds is 9. The lowest BCUT2D eigenvalue weighted by molar-refractivity contribution is 0.104. The second-order valence-electron chi connectivity index (χ2n) is 6.46. The van der Waals surface area contributed by atoms with Crippen LogP contribution in [0.25, 0.3) is 6.08 Å². The fraction of sp³-hybridized carbons (Fsp3) is 0.160. The van der Waals surface area contributed by atoms with Crippen LogP contribution in [0.2, 0.25) is 0 Å². The van der Waals surface area contributed by atoms with Crippen LogP contribution in [-0.4, -0.2) is 19.5 Å². The number of benzene rings is 3. The normalized spacial score (nSPS) is 10.8. The Morgan fingerprint density at radius 3 is 2.40 bits per heavy atom. The molecule has 0 aliphatic carbocycles. The highest BCUT2D eigenvalue weighted by Gasteiger charge is 2.12. The predicted octanol–water partition coefficient (Wildman–Crippen LogP) is 6.33. The van der Waals surface area contributed by atoms with Gasteiger partial charge in [0.15, 0.2) is 17.3 Å². The highest BCUT2D eigenvalue weighted by molar-refractivity contribution is 9.10.